The smallest absolute Gasteiger partial charge is 0.221 e. The predicted molar refractivity (Wildman–Crippen MR) is 47.0 cm³/mol. The van der Waals surface area contributed by atoms with Crippen molar-refractivity contribution < 1.29 is 13.5 Å². The lowest BCUT2D eigenvalue weighted by atomic mass is 10.3. The molecule has 0 aliphatic rings. The maximum absolute atomic E-state index is 10.7. The molecule has 0 radical (unpaired) electrons. The number of nitrogens with one attached hydrogen (secondary N) is 1. The first-order valence-electron chi connectivity index (χ1n) is 3.19. The Bertz CT molecular complexity index is 190. The van der Waals surface area contributed by atoms with E-state index < -0.39 is 16.1 Å². The summed E-state index contributed by atoms with van der Waals surface area (Å²) in [5.41, 5.74) is 0. The highest BCUT2D eigenvalue weighted by atomic mass is 79.9. The molecule has 0 aromatic heterocycles. The summed E-state index contributed by atoms with van der Waals surface area (Å²) in [6.07, 6.45) is -0.0281. The van der Waals surface area contributed by atoms with E-state index in [1.807, 2.05) is 0 Å². The second-order valence-electron chi connectivity index (χ2n) is 2.26. The molecule has 0 saturated heterocycles. The minimum Gasteiger partial charge on any atom is -0.393 e. The van der Waals surface area contributed by atoms with Crippen molar-refractivity contribution in [3.63, 3.8) is 0 Å². The minimum absolute atomic E-state index is 0.0974. The molecule has 11 heavy (non-hydrogen) atoms. The van der Waals surface area contributed by atoms with E-state index in [-0.39, 0.29) is 11.2 Å². The van der Waals surface area contributed by atoms with Crippen LogP contribution in [0.3, 0.4) is 0 Å². The molecule has 4 nitrogen and oxygen atoms in total. The molecule has 0 aliphatic heterocycles. The van der Waals surface area contributed by atoms with E-state index in [0.717, 1.165) is 0 Å². The summed E-state index contributed by atoms with van der Waals surface area (Å²) in [7, 11) is -3.16. The second kappa shape index (κ2) is 5.08. The Morgan fingerprint density at radius 2 is 2.18 bits per heavy atom. The third-order valence-electron chi connectivity index (χ3n) is 1.03. The fourth-order valence-electron chi connectivity index (χ4n) is 0.462. The molecule has 0 amide bonds. The average Bonchev–Trinajstić information content (AvgIpc) is 1.87. The van der Waals surface area contributed by atoms with Crippen LogP contribution in [-0.4, -0.2) is 30.8 Å². The Kier molecular flexibility index (Phi) is 5.24. The van der Waals surface area contributed by atoms with Crippen LogP contribution in [0, 0.1) is 0 Å². The van der Waals surface area contributed by atoms with Crippen LogP contribution in [0.2, 0.25) is 0 Å². The molecular formula is C5H12BrNO3S. The minimum atomic E-state index is -3.16. The van der Waals surface area contributed by atoms with Crippen LogP contribution in [0.5, 0.6) is 0 Å². The molecule has 1 atom stereocenters. The summed E-state index contributed by atoms with van der Waals surface area (Å²) in [4.78, 5) is 0. The van der Waals surface area contributed by atoms with E-state index in [9.17, 15) is 8.42 Å². The molecule has 68 valence electrons. The van der Waals surface area contributed by atoms with E-state index in [1.165, 1.54) is 0 Å². The van der Waals surface area contributed by atoms with Crippen LogP contribution in [0.1, 0.15) is 13.3 Å². The lowest BCUT2D eigenvalue weighted by Gasteiger charge is -2.04. The van der Waals surface area contributed by atoms with Crippen LogP contribution in [0.25, 0.3) is 0 Å². The molecule has 0 aromatic rings. The van der Waals surface area contributed by atoms with Gasteiger partial charge in [0.2, 0.25) is 10.0 Å². The van der Waals surface area contributed by atoms with Gasteiger partial charge in [0.1, 0.15) is 4.66 Å². The van der Waals surface area contributed by atoms with Gasteiger partial charge in [0.15, 0.2) is 0 Å². The Balaban J connectivity index is 3.55. The lowest BCUT2D eigenvalue weighted by Crippen LogP contribution is -2.27. The van der Waals surface area contributed by atoms with Gasteiger partial charge < -0.3 is 5.11 Å². The van der Waals surface area contributed by atoms with Crippen LogP contribution in [0.15, 0.2) is 0 Å². The molecule has 0 aliphatic carbocycles. The normalized spacial score (nSPS) is 14.8. The molecule has 6 heteroatoms. The first kappa shape index (κ1) is 11.4. The lowest BCUT2D eigenvalue weighted by molar-refractivity contribution is 0.186. The molecule has 0 rings (SSSR count). The largest absolute Gasteiger partial charge is 0.393 e. The number of alkyl halides is 1. The van der Waals surface area contributed by atoms with E-state index in [4.69, 9.17) is 5.11 Å². The standard InChI is InChI=1S/C5H12BrNO3S/c1-5(8)2-3-7-11(9,10)4-6/h5,7-8H,2-4H2,1H3. The zero-order valence-corrected chi connectivity index (χ0v) is 8.65. The summed E-state index contributed by atoms with van der Waals surface area (Å²) < 4.78 is 23.7. The Morgan fingerprint density at radius 1 is 1.64 bits per heavy atom. The van der Waals surface area contributed by atoms with Gasteiger partial charge in [0, 0.05) is 6.54 Å². The van der Waals surface area contributed by atoms with Gasteiger partial charge in [-0.05, 0) is 13.3 Å². The van der Waals surface area contributed by atoms with Crippen molar-refractivity contribution in [3.05, 3.63) is 0 Å². The molecule has 0 spiro atoms. The average molecular weight is 246 g/mol. The predicted octanol–water partition coefficient (Wildman–Crippen LogP) is 0.0291. The number of rotatable bonds is 5. The van der Waals surface area contributed by atoms with Gasteiger partial charge >= 0.3 is 0 Å². The third kappa shape index (κ3) is 6.74. The third-order valence-corrected chi connectivity index (χ3v) is 3.77. The van der Waals surface area contributed by atoms with Crippen molar-refractivity contribution in [2.45, 2.75) is 19.4 Å². The number of hydrogen-bond acceptors (Lipinski definition) is 3. The zero-order chi connectivity index (χ0) is 8.91. The molecule has 0 heterocycles. The SMILES string of the molecule is CC(O)CCNS(=O)(=O)CBr. The maximum atomic E-state index is 10.7. The molecule has 0 saturated carbocycles. The topological polar surface area (TPSA) is 66.4 Å². The van der Waals surface area contributed by atoms with Crippen molar-refractivity contribution in [1.29, 1.82) is 0 Å². The molecular weight excluding hydrogens is 234 g/mol. The van der Waals surface area contributed by atoms with Crippen molar-refractivity contribution in [1.82, 2.24) is 4.72 Å². The van der Waals surface area contributed by atoms with Crippen molar-refractivity contribution >= 4 is 26.0 Å². The van der Waals surface area contributed by atoms with Crippen LogP contribution in [-0.2, 0) is 10.0 Å². The van der Waals surface area contributed by atoms with E-state index in [1.54, 1.807) is 6.92 Å². The van der Waals surface area contributed by atoms with Crippen LogP contribution >= 0.6 is 15.9 Å². The highest BCUT2D eigenvalue weighted by molar-refractivity contribution is 9.10. The van der Waals surface area contributed by atoms with Gasteiger partial charge in [-0.25, -0.2) is 13.1 Å². The van der Waals surface area contributed by atoms with Gasteiger partial charge in [-0.2, -0.15) is 0 Å². The van der Waals surface area contributed by atoms with Gasteiger partial charge in [-0.1, -0.05) is 15.9 Å². The Labute approximate surface area is 75.2 Å². The van der Waals surface area contributed by atoms with Crippen molar-refractivity contribution in [2.75, 3.05) is 11.2 Å². The number of sulfonamides is 1. The highest BCUT2D eigenvalue weighted by Gasteiger charge is 2.06. The summed E-state index contributed by atoms with van der Waals surface area (Å²) in [6.45, 7) is 1.90. The fraction of sp³-hybridized carbons (Fsp3) is 1.00. The molecule has 1 unspecified atom stereocenters. The monoisotopic (exact) mass is 245 g/mol. The molecule has 2 N–H and O–H groups in total. The fourth-order valence-corrected chi connectivity index (χ4v) is 1.45. The summed E-state index contributed by atoms with van der Waals surface area (Å²) >= 11 is 2.83. The summed E-state index contributed by atoms with van der Waals surface area (Å²) in [5, 5.41) is 8.78. The summed E-state index contributed by atoms with van der Waals surface area (Å²) in [6, 6.07) is 0. The highest BCUT2D eigenvalue weighted by Crippen LogP contribution is 1.92. The van der Waals surface area contributed by atoms with Gasteiger partial charge in [-0.15, -0.1) is 0 Å². The first-order valence-corrected chi connectivity index (χ1v) is 5.96. The van der Waals surface area contributed by atoms with Crippen molar-refractivity contribution in [3.8, 4) is 0 Å². The van der Waals surface area contributed by atoms with Gasteiger partial charge in [0.25, 0.3) is 0 Å². The maximum Gasteiger partial charge on any atom is 0.221 e. The van der Waals surface area contributed by atoms with E-state index >= 15 is 0 Å². The Morgan fingerprint density at radius 3 is 2.55 bits per heavy atom. The molecule has 0 aromatic carbocycles. The number of aliphatic hydroxyl groups excluding tert-OH is 1. The Hall–Kier alpha value is 0.350. The van der Waals surface area contributed by atoms with Crippen molar-refractivity contribution in [2.24, 2.45) is 0 Å². The van der Waals surface area contributed by atoms with Crippen LogP contribution < -0.4 is 4.72 Å². The second-order valence-corrected chi connectivity index (χ2v) is 5.37. The molecule has 0 bridgehead atoms. The van der Waals surface area contributed by atoms with Gasteiger partial charge in [0.05, 0.1) is 6.10 Å². The number of hydrogen-bond donors (Lipinski definition) is 2. The zero-order valence-electron chi connectivity index (χ0n) is 6.25. The van der Waals surface area contributed by atoms with E-state index in [0.29, 0.717) is 6.42 Å². The first-order chi connectivity index (χ1) is 4.98. The molecule has 0 fully saturated rings. The van der Waals surface area contributed by atoms with Gasteiger partial charge in [-0.3, -0.25) is 0 Å². The number of halogens is 1. The van der Waals surface area contributed by atoms with E-state index in [2.05, 4.69) is 20.7 Å². The summed E-state index contributed by atoms with van der Waals surface area (Å²) in [5.74, 6) is 0. The quantitative estimate of drug-likeness (QED) is 0.672. The van der Waals surface area contributed by atoms with Crippen LogP contribution in [0.4, 0.5) is 0 Å². The number of aliphatic hydroxyl groups is 1.